The van der Waals surface area contributed by atoms with Crippen LogP contribution in [0.5, 0.6) is 0 Å². The SMILES string of the molecule is Cc1ccc(S(=O)(=O)N(C)CC(=O)Nc2cccc(F)c2)cc1C. The summed E-state index contributed by atoms with van der Waals surface area (Å²) in [4.78, 5) is 12.1. The lowest BCUT2D eigenvalue weighted by atomic mass is 10.1. The van der Waals surface area contributed by atoms with Crippen LogP contribution in [-0.2, 0) is 14.8 Å². The van der Waals surface area contributed by atoms with Crippen LogP contribution in [0.3, 0.4) is 0 Å². The van der Waals surface area contributed by atoms with Gasteiger partial charge in [-0.2, -0.15) is 4.31 Å². The molecule has 5 nitrogen and oxygen atoms in total. The van der Waals surface area contributed by atoms with Gasteiger partial charge in [0.2, 0.25) is 15.9 Å². The number of sulfonamides is 1. The predicted molar refractivity (Wildman–Crippen MR) is 90.8 cm³/mol. The number of amides is 1. The Morgan fingerprint density at radius 2 is 1.83 bits per heavy atom. The molecule has 0 fully saturated rings. The van der Waals surface area contributed by atoms with Crippen molar-refractivity contribution in [3.8, 4) is 0 Å². The third-order valence-corrected chi connectivity index (χ3v) is 5.46. The van der Waals surface area contributed by atoms with E-state index in [1.165, 1.54) is 31.3 Å². The first-order valence-electron chi connectivity index (χ1n) is 7.29. The fraction of sp³-hybridized carbons (Fsp3) is 0.235. The quantitative estimate of drug-likeness (QED) is 0.902. The summed E-state index contributed by atoms with van der Waals surface area (Å²) in [5.74, 6) is -1.03. The molecule has 128 valence electrons. The van der Waals surface area contributed by atoms with E-state index < -0.39 is 21.7 Å². The molecule has 0 aromatic heterocycles. The van der Waals surface area contributed by atoms with Gasteiger partial charge in [0.25, 0.3) is 0 Å². The van der Waals surface area contributed by atoms with Gasteiger partial charge in [-0.05, 0) is 55.3 Å². The molecule has 0 spiro atoms. The van der Waals surface area contributed by atoms with E-state index in [-0.39, 0.29) is 17.1 Å². The van der Waals surface area contributed by atoms with Crippen LogP contribution in [0, 0.1) is 19.7 Å². The Morgan fingerprint density at radius 3 is 2.46 bits per heavy atom. The lowest BCUT2D eigenvalue weighted by Crippen LogP contribution is -2.35. The number of aryl methyl sites for hydroxylation is 2. The summed E-state index contributed by atoms with van der Waals surface area (Å²) in [6.07, 6.45) is 0. The van der Waals surface area contributed by atoms with E-state index in [1.807, 2.05) is 13.8 Å². The van der Waals surface area contributed by atoms with Crippen molar-refractivity contribution in [1.82, 2.24) is 4.31 Å². The monoisotopic (exact) mass is 350 g/mol. The molecule has 0 saturated carbocycles. The maximum atomic E-state index is 13.1. The number of carbonyl (C=O) groups is 1. The van der Waals surface area contributed by atoms with Gasteiger partial charge in [0.05, 0.1) is 11.4 Å². The van der Waals surface area contributed by atoms with Crippen LogP contribution < -0.4 is 5.32 Å². The van der Waals surface area contributed by atoms with Gasteiger partial charge in [-0.3, -0.25) is 4.79 Å². The first-order valence-corrected chi connectivity index (χ1v) is 8.73. The molecule has 0 unspecified atom stereocenters. The molecule has 0 aliphatic carbocycles. The van der Waals surface area contributed by atoms with Crippen molar-refractivity contribution in [2.24, 2.45) is 0 Å². The van der Waals surface area contributed by atoms with Gasteiger partial charge < -0.3 is 5.32 Å². The highest BCUT2D eigenvalue weighted by molar-refractivity contribution is 7.89. The average Bonchev–Trinajstić information content (AvgIpc) is 2.49. The van der Waals surface area contributed by atoms with Crippen LogP contribution in [0.25, 0.3) is 0 Å². The molecular weight excluding hydrogens is 331 g/mol. The Kier molecular flexibility index (Phi) is 5.36. The maximum Gasteiger partial charge on any atom is 0.243 e. The summed E-state index contributed by atoms with van der Waals surface area (Å²) in [5.41, 5.74) is 2.12. The number of hydrogen-bond donors (Lipinski definition) is 1. The number of rotatable bonds is 5. The molecule has 7 heteroatoms. The molecule has 0 saturated heterocycles. The van der Waals surface area contributed by atoms with Gasteiger partial charge in [0, 0.05) is 12.7 Å². The van der Waals surface area contributed by atoms with Crippen LogP contribution in [0.15, 0.2) is 47.4 Å². The van der Waals surface area contributed by atoms with Gasteiger partial charge in [-0.1, -0.05) is 12.1 Å². The minimum absolute atomic E-state index is 0.131. The third-order valence-electron chi connectivity index (χ3n) is 3.66. The first kappa shape index (κ1) is 18.1. The van der Waals surface area contributed by atoms with Crippen molar-refractivity contribution < 1.29 is 17.6 Å². The average molecular weight is 350 g/mol. The number of carbonyl (C=O) groups excluding carboxylic acids is 1. The van der Waals surface area contributed by atoms with E-state index in [4.69, 9.17) is 0 Å². The predicted octanol–water partition coefficient (Wildman–Crippen LogP) is 2.70. The summed E-state index contributed by atoms with van der Waals surface area (Å²) in [6.45, 7) is 3.35. The van der Waals surface area contributed by atoms with E-state index in [1.54, 1.807) is 12.1 Å². The van der Waals surface area contributed by atoms with Crippen LogP contribution in [0.4, 0.5) is 10.1 Å². The topological polar surface area (TPSA) is 66.5 Å². The van der Waals surface area contributed by atoms with Gasteiger partial charge >= 0.3 is 0 Å². The molecule has 0 aliphatic rings. The summed E-state index contributed by atoms with van der Waals surface area (Å²) < 4.78 is 39.1. The van der Waals surface area contributed by atoms with E-state index >= 15 is 0 Å². The summed E-state index contributed by atoms with van der Waals surface area (Å²) in [5, 5.41) is 2.47. The number of benzene rings is 2. The van der Waals surface area contributed by atoms with Gasteiger partial charge in [0.15, 0.2) is 0 Å². The fourth-order valence-corrected chi connectivity index (χ4v) is 3.32. The Labute approximate surface area is 141 Å². The molecule has 2 rings (SSSR count). The molecule has 2 aromatic rings. The summed E-state index contributed by atoms with van der Waals surface area (Å²) in [6, 6.07) is 10.2. The number of likely N-dealkylation sites (N-methyl/N-ethyl adjacent to an activating group) is 1. The van der Waals surface area contributed by atoms with Crippen molar-refractivity contribution in [1.29, 1.82) is 0 Å². The number of halogens is 1. The zero-order valence-electron chi connectivity index (χ0n) is 13.7. The van der Waals surface area contributed by atoms with Crippen molar-refractivity contribution in [2.75, 3.05) is 18.9 Å². The maximum absolute atomic E-state index is 13.1. The molecule has 0 heterocycles. The van der Waals surface area contributed by atoms with Crippen molar-refractivity contribution in [3.63, 3.8) is 0 Å². The normalized spacial score (nSPS) is 11.5. The van der Waals surface area contributed by atoms with Crippen LogP contribution >= 0.6 is 0 Å². The lowest BCUT2D eigenvalue weighted by molar-refractivity contribution is -0.116. The van der Waals surface area contributed by atoms with Crippen molar-refractivity contribution in [3.05, 3.63) is 59.4 Å². The molecule has 1 N–H and O–H groups in total. The number of nitrogens with zero attached hydrogens (tertiary/aromatic N) is 1. The van der Waals surface area contributed by atoms with Gasteiger partial charge in [0.1, 0.15) is 5.82 Å². The highest BCUT2D eigenvalue weighted by atomic mass is 32.2. The standard InChI is InChI=1S/C17H19FN2O3S/c1-12-7-8-16(9-13(12)2)24(22,23)20(3)11-17(21)19-15-6-4-5-14(18)10-15/h4-10H,11H2,1-3H3,(H,19,21). The van der Waals surface area contributed by atoms with Crippen molar-refractivity contribution in [2.45, 2.75) is 18.7 Å². The second-order valence-corrected chi connectivity index (χ2v) is 7.61. The molecular formula is C17H19FN2O3S. The second kappa shape index (κ2) is 7.11. The van der Waals surface area contributed by atoms with E-state index in [0.29, 0.717) is 0 Å². The molecule has 0 atom stereocenters. The number of anilines is 1. The Morgan fingerprint density at radius 1 is 1.12 bits per heavy atom. The molecule has 24 heavy (non-hydrogen) atoms. The van der Waals surface area contributed by atoms with E-state index in [0.717, 1.165) is 21.5 Å². The number of hydrogen-bond acceptors (Lipinski definition) is 3. The number of nitrogens with one attached hydrogen (secondary N) is 1. The van der Waals surface area contributed by atoms with Crippen LogP contribution in [0.2, 0.25) is 0 Å². The van der Waals surface area contributed by atoms with E-state index in [9.17, 15) is 17.6 Å². The Balaban J connectivity index is 2.11. The first-order chi connectivity index (χ1) is 11.2. The Bertz CT molecular complexity index is 866. The Hall–Kier alpha value is -2.25. The minimum Gasteiger partial charge on any atom is -0.325 e. The molecule has 0 radical (unpaired) electrons. The minimum atomic E-state index is -3.78. The van der Waals surface area contributed by atoms with E-state index in [2.05, 4.69) is 5.32 Å². The summed E-state index contributed by atoms with van der Waals surface area (Å²) in [7, 11) is -2.45. The van der Waals surface area contributed by atoms with Crippen molar-refractivity contribution >= 4 is 21.6 Å². The van der Waals surface area contributed by atoms with Crippen LogP contribution in [0.1, 0.15) is 11.1 Å². The zero-order valence-corrected chi connectivity index (χ0v) is 14.5. The highest BCUT2D eigenvalue weighted by Gasteiger charge is 2.23. The van der Waals surface area contributed by atoms with Crippen LogP contribution in [-0.4, -0.2) is 32.2 Å². The lowest BCUT2D eigenvalue weighted by Gasteiger charge is -2.17. The molecule has 2 aromatic carbocycles. The second-order valence-electron chi connectivity index (χ2n) is 5.57. The van der Waals surface area contributed by atoms with Gasteiger partial charge in [-0.25, -0.2) is 12.8 Å². The summed E-state index contributed by atoms with van der Waals surface area (Å²) >= 11 is 0. The fourth-order valence-electron chi connectivity index (χ4n) is 2.11. The van der Waals surface area contributed by atoms with Gasteiger partial charge in [-0.15, -0.1) is 0 Å². The zero-order chi connectivity index (χ0) is 17.9. The third kappa shape index (κ3) is 4.18. The smallest absolute Gasteiger partial charge is 0.243 e. The largest absolute Gasteiger partial charge is 0.325 e. The molecule has 0 bridgehead atoms. The molecule has 0 aliphatic heterocycles. The highest BCUT2D eigenvalue weighted by Crippen LogP contribution is 2.18. The molecule has 1 amide bonds.